The number of hydrogen-bond acceptors (Lipinski definition) is 3. The van der Waals surface area contributed by atoms with Crippen LogP contribution in [0.1, 0.15) is 5.56 Å². The third kappa shape index (κ3) is 2.88. The fraction of sp³-hybridized carbons (Fsp3) is 0. The summed E-state index contributed by atoms with van der Waals surface area (Å²) in [4.78, 5) is 17.7. The molecule has 0 saturated heterocycles. The Morgan fingerprint density at radius 2 is 1.83 bits per heavy atom. The van der Waals surface area contributed by atoms with Crippen LogP contribution in [0.3, 0.4) is 0 Å². The van der Waals surface area contributed by atoms with Gasteiger partial charge in [-0.3, -0.25) is 0 Å². The van der Waals surface area contributed by atoms with Crippen molar-refractivity contribution in [2.45, 2.75) is 0 Å². The fourth-order valence-electron chi connectivity index (χ4n) is 0.774. The van der Waals surface area contributed by atoms with Gasteiger partial charge in [-0.1, -0.05) is 18.2 Å². The molecule has 1 aromatic carbocycles. The lowest BCUT2D eigenvalue weighted by molar-refractivity contribution is 0.474. The second kappa shape index (κ2) is 3.50. The maximum atomic E-state index is 9.18. The van der Waals surface area contributed by atoms with Gasteiger partial charge in [0.15, 0.2) is 0 Å². The Balaban J connectivity index is 3.14. The summed E-state index contributed by atoms with van der Waals surface area (Å²) in [7, 11) is 0. The number of phenols is 1. The molecule has 0 atom stereocenters. The van der Waals surface area contributed by atoms with E-state index in [9.17, 15) is 5.11 Å². The quantitative estimate of drug-likeness (QED) is 0.611. The molecule has 0 aliphatic rings. The Kier molecular flexibility index (Phi) is 2.80. The highest BCUT2D eigenvalue weighted by molar-refractivity contribution is 7.89. The smallest absolute Gasteiger partial charge is 0.210 e. The predicted octanol–water partition coefficient (Wildman–Crippen LogP) is 1.53. The third-order valence-electron chi connectivity index (χ3n) is 1.24. The summed E-state index contributed by atoms with van der Waals surface area (Å²) in [6.45, 7) is -3.48. The number of benzene rings is 1. The molecule has 1 rings (SSSR count). The molecule has 1 aromatic rings. The van der Waals surface area contributed by atoms with Crippen molar-refractivity contribution < 1.29 is 14.9 Å². The first-order chi connectivity index (χ1) is 5.49. The lowest BCUT2D eigenvalue weighted by atomic mass is 10.2. The van der Waals surface area contributed by atoms with Gasteiger partial charge >= 0.3 is 0 Å². The van der Waals surface area contributed by atoms with Gasteiger partial charge in [-0.15, -0.1) is 0 Å². The van der Waals surface area contributed by atoms with E-state index in [-0.39, 0.29) is 5.75 Å². The Morgan fingerprint density at radius 3 is 2.33 bits per heavy atom. The highest BCUT2D eigenvalue weighted by atomic mass is 35.7. The molecular formula is C7H8ClO3P. The van der Waals surface area contributed by atoms with Crippen LogP contribution in [-0.4, -0.2) is 20.7 Å². The van der Waals surface area contributed by atoms with Gasteiger partial charge in [-0.2, -0.15) is 0 Å². The maximum Gasteiger partial charge on any atom is 0.210 e. The number of para-hydroxylation sites is 1. The summed E-state index contributed by atoms with van der Waals surface area (Å²) in [5.74, 6) is 1.02. The number of halogens is 1. The van der Waals surface area contributed by atoms with Crippen molar-refractivity contribution in [3.63, 3.8) is 0 Å². The van der Waals surface area contributed by atoms with Gasteiger partial charge < -0.3 is 14.9 Å². The van der Waals surface area contributed by atoms with E-state index in [4.69, 9.17) is 21.0 Å². The van der Waals surface area contributed by atoms with Crippen molar-refractivity contribution in [1.29, 1.82) is 0 Å². The summed E-state index contributed by atoms with van der Waals surface area (Å²) >= 11 is 5.20. The van der Waals surface area contributed by atoms with E-state index < -0.39 is 6.69 Å². The Morgan fingerprint density at radius 1 is 1.25 bits per heavy atom. The van der Waals surface area contributed by atoms with Gasteiger partial charge in [-0.05, 0) is 17.3 Å². The summed E-state index contributed by atoms with van der Waals surface area (Å²) in [5.41, 5.74) is 0.325. The van der Waals surface area contributed by atoms with Crippen molar-refractivity contribution >= 4 is 23.7 Å². The Hall–Kier alpha value is -0.470. The first-order valence-corrected chi connectivity index (χ1v) is 5.84. The molecule has 5 heteroatoms. The van der Waals surface area contributed by atoms with Crippen LogP contribution in [0.15, 0.2) is 24.3 Å². The molecule has 12 heavy (non-hydrogen) atoms. The van der Waals surface area contributed by atoms with Crippen LogP contribution >= 0.6 is 17.9 Å². The molecule has 0 spiro atoms. The van der Waals surface area contributed by atoms with E-state index in [2.05, 4.69) is 0 Å². The van der Waals surface area contributed by atoms with E-state index in [0.29, 0.717) is 5.56 Å². The van der Waals surface area contributed by atoms with E-state index in [1.807, 2.05) is 0 Å². The minimum absolute atomic E-state index is 0.0226. The summed E-state index contributed by atoms with van der Waals surface area (Å²) < 4.78 is 0. The highest BCUT2D eigenvalue weighted by Crippen LogP contribution is 2.43. The normalized spacial score (nSPS) is 11.2. The van der Waals surface area contributed by atoms with Crippen LogP contribution < -0.4 is 0 Å². The Labute approximate surface area is 74.8 Å². The van der Waals surface area contributed by atoms with Gasteiger partial charge in [0.2, 0.25) is 6.69 Å². The van der Waals surface area contributed by atoms with Gasteiger partial charge in [0.25, 0.3) is 0 Å². The Bertz CT molecular complexity index is 323. The number of hydrogen-bond donors (Lipinski definition) is 3. The van der Waals surface area contributed by atoms with Crippen molar-refractivity contribution in [1.82, 2.24) is 0 Å². The van der Waals surface area contributed by atoms with Gasteiger partial charge in [0, 0.05) is 11.4 Å². The molecule has 0 saturated carbocycles. The molecule has 0 fully saturated rings. The minimum Gasteiger partial charge on any atom is -0.507 e. The minimum atomic E-state index is -3.48. The molecule has 66 valence electrons. The second-order valence-electron chi connectivity index (χ2n) is 2.26. The molecule has 3 N–H and O–H groups in total. The fourth-order valence-corrected chi connectivity index (χ4v) is 1.66. The number of phenolic OH excluding ortho intramolecular Hbond substituents is 1. The molecule has 0 aromatic heterocycles. The molecule has 0 unspecified atom stereocenters. The van der Waals surface area contributed by atoms with Gasteiger partial charge in [0.1, 0.15) is 5.75 Å². The predicted molar refractivity (Wildman–Crippen MR) is 50.5 cm³/mol. The molecule has 0 aliphatic heterocycles. The van der Waals surface area contributed by atoms with Crippen LogP contribution in [0.4, 0.5) is 0 Å². The second-order valence-corrected chi connectivity index (χ2v) is 5.15. The molecule has 0 amide bonds. The van der Waals surface area contributed by atoms with Gasteiger partial charge in [-0.25, -0.2) is 0 Å². The topological polar surface area (TPSA) is 60.7 Å². The van der Waals surface area contributed by atoms with Crippen LogP contribution in [0.25, 0.3) is 0 Å². The van der Waals surface area contributed by atoms with Crippen molar-refractivity contribution in [2.75, 3.05) is 0 Å². The zero-order chi connectivity index (χ0) is 9.19. The maximum absolute atomic E-state index is 9.18. The molecule has 3 nitrogen and oxygen atoms in total. The van der Waals surface area contributed by atoms with E-state index in [0.717, 1.165) is 5.80 Å². The average Bonchev–Trinajstić information content (AvgIpc) is 1.91. The monoisotopic (exact) mass is 206 g/mol. The van der Waals surface area contributed by atoms with Crippen molar-refractivity contribution in [3.8, 4) is 5.75 Å². The first-order valence-electron chi connectivity index (χ1n) is 3.17. The van der Waals surface area contributed by atoms with Crippen molar-refractivity contribution in [3.05, 3.63) is 29.8 Å². The molecule has 0 bridgehead atoms. The average molecular weight is 207 g/mol. The van der Waals surface area contributed by atoms with Crippen LogP contribution in [0, 0.1) is 0 Å². The van der Waals surface area contributed by atoms with E-state index in [1.54, 1.807) is 18.2 Å². The van der Waals surface area contributed by atoms with Crippen LogP contribution in [-0.2, 0) is 0 Å². The first kappa shape index (κ1) is 9.62. The molecule has 0 aliphatic carbocycles. The zero-order valence-corrected chi connectivity index (χ0v) is 7.70. The molecular weight excluding hydrogens is 199 g/mol. The highest BCUT2D eigenvalue weighted by Gasteiger charge is 2.04. The SMILES string of the molecule is Oc1ccccc1C=P(O)(O)Cl. The standard InChI is InChI=1S/C7H8ClO3P/c8-12(10,11)5-6-3-1-2-4-7(6)9/h1-5,9-11H. The lowest BCUT2D eigenvalue weighted by Crippen LogP contribution is -1.82. The number of aromatic hydroxyl groups is 1. The lowest BCUT2D eigenvalue weighted by Gasteiger charge is -2.02. The third-order valence-corrected chi connectivity index (χ3v) is 2.14. The zero-order valence-electron chi connectivity index (χ0n) is 6.05. The van der Waals surface area contributed by atoms with Gasteiger partial charge in [0.05, 0.1) is 0 Å². The molecule has 0 heterocycles. The van der Waals surface area contributed by atoms with E-state index >= 15 is 0 Å². The summed E-state index contributed by atoms with van der Waals surface area (Å²) in [6, 6.07) is 6.28. The van der Waals surface area contributed by atoms with Crippen molar-refractivity contribution in [2.24, 2.45) is 0 Å². The summed E-state index contributed by atoms with van der Waals surface area (Å²) in [6.07, 6.45) is 0. The summed E-state index contributed by atoms with van der Waals surface area (Å²) in [5, 5.41) is 9.18. The van der Waals surface area contributed by atoms with Crippen LogP contribution in [0.5, 0.6) is 5.75 Å². The molecule has 0 radical (unpaired) electrons. The van der Waals surface area contributed by atoms with E-state index in [1.165, 1.54) is 6.07 Å². The van der Waals surface area contributed by atoms with Crippen LogP contribution in [0.2, 0.25) is 0 Å². The number of rotatable bonds is 1. The largest absolute Gasteiger partial charge is 0.507 e.